The molecule has 1 fully saturated rings. The maximum Gasteiger partial charge on any atom is 0.303 e. The van der Waals surface area contributed by atoms with Crippen LogP contribution in [-0.2, 0) is 27.9 Å². The Morgan fingerprint density at radius 3 is 2.45 bits per heavy atom. The predicted octanol–water partition coefficient (Wildman–Crippen LogP) is 2.54. The fourth-order valence-electron chi connectivity index (χ4n) is 4.48. The molecule has 4 rings (SSSR count). The molecule has 0 aromatic heterocycles. The smallest absolute Gasteiger partial charge is 0.303 e. The highest BCUT2D eigenvalue weighted by molar-refractivity contribution is 7.89. The number of nitrogens with zero attached hydrogens (tertiary/aromatic N) is 2. The molecule has 10 heteroatoms. The molecule has 178 valence electrons. The average Bonchev–Trinajstić information content (AvgIpc) is 3.19. The maximum absolute atomic E-state index is 13.0. The van der Waals surface area contributed by atoms with Crippen LogP contribution in [0.25, 0.3) is 0 Å². The number of piperidine rings is 1. The van der Waals surface area contributed by atoms with Crippen molar-refractivity contribution in [2.45, 2.75) is 49.7 Å². The van der Waals surface area contributed by atoms with Crippen LogP contribution in [0, 0.1) is 0 Å². The van der Waals surface area contributed by atoms with Gasteiger partial charge in [0.2, 0.25) is 10.0 Å². The van der Waals surface area contributed by atoms with Crippen LogP contribution < -0.4 is 5.32 Å². The second-order valence-electron chi connectivity index (χ2n) is 8.67. The molecule has 0 amide bonds. The van der Waals surface area contributed by atoms with Crippen molar-refractivity contribution in [3.63, 3.8) is 0 Å². The first-order valence-corrected chi connectivity index (χ1v) is 12.5. The molecule has 9 nitrogen and oxygen atoms in total. The van der Waals surface area contributed by atoms with Gasteiger partial charge in [-0.05, 0) is 61.2 Å². The third-order valence-electron chi connectivity index (χ3n) is 6.28. The summed E-state index contributed by atoms with van der Waals surface area (Å²) in [6.07, 6.45) is 2.79. The summed E-state index contributed by atoms with van der Waals surface area (Å²) in [5.74, 6) is -1.42. The minimum absolute atomic E-state index is 0.196. The van der Waals surface area contributed by atoms with Gasteiger partial charge in [-0.15, -0.1) is 0 Å². The molecule has 2 aromatic carbocycles. The third kappa shape index (κ3) is 5.40. The number of phenols is 2. The number of fused-ring (bicyclic) bond motifs is 1. The zero-order chi connectivity index (χ0) is 23.6. The molecule has 0 radical (unpaired) electrons. The number of sulfonamides is 1. The summed E-state index contributed by atoms with van der Waals surface area (Å²) < 4.78 is 27.3. The van der Waals surface area contributed by atoms with Gasteiger partial charge in [0.15, 0.2) is 0 Å². The van der Waals surface area contributed by atoms with Gasteiger partial charge in [-0.25, -0.2) is 8.42 Å². The Labute approximate surface area is 193 Å². The third-order valence-corrected chi connectivity index (χ3v) is 8.12. The number of benzene rings is 2. The standard InChI is InChI=1S/C23H29N3O6S/c27-20-5-6-22(21(28)13-20)33(31,32)26-14-16-3-4-19(12-17(16)15-26)24-18-7-10-25(11-8-18)9-1-2-23(29)30/h3-6,12-13,18,24,27-28H,1-2,7-11,14-15H2,(H,29,30). The lowest BCUT2D eigenvalue weighted by Crippen LogP contribution is -2.39. The van der Waals surface area contributed by atoms with Gasteiger partial charge in [0.25, 0.3) is 0 Å². The van der Waals surface area contributed by atoms with Gasteiger partial charge >= 0.3 is 5.97 Å². The van der Waals surface area contributed by atoms with E-state index in [9.17, 15) is 23.4 Å². The number of phenolic OH excluding ortho intramolecular Hbond substituents is 2. The van der Waals surface area contributed by atoms with Crippen LogP contribution in [0.4, 0.5) is 5.69 Å². The van der Waals surface area contributed by atoms with Crippen LogP contribution in [-0.4, -0.2) is 64.6 Å². The van der Waals surface area contributed by atoms with Gasteiger partial charge in [-0.3, -0.25) is 4.79 Å². The van der Waals surface area contributed by atoms with Gasteiger partial charge in [0.05, 0.1) is 0 Å². The summed E-state index contributed by atoms with van der Waals surface area (Å²) in [6, 6.07) is 9.68. The van der Waals surface area contributed by atoms with Gasteiger partial charge in [0.1, 0.15) is 16.4 Å². The molecule has 0 bridgehead atoms. The van der Waals surface area contributed by atoms with Gasteiger partial charge in [-0.2, -0.15) is 4.31 Å². The highest BCUT2D eigenvalue weighted by Gasteiger charge is 2.32. The number of likely N-dealkylation sites (tertiary alicyclic amines) is 1. The quantitative estimate of drug-likeness (QED) is 0.458. The lowest BCUT2D eigenvalue weighted by Gasteiger charge is -2.32. The number of aromatic hydroxyl groups is 2. The molecule has 4 N–H and O–H groups in total. The van der Waals surface area contributed by atoms with E-state index in [1.54, 1.807) is 0 Å². The van der Waals surface area contributed by atoms with Crippen LogP contribution >= 0.6 is 0 Å². The van der Waals surface area contributed by atoms with Crippen molar-refractivity contribution in [3.8, 4) is 11.5 Å². The second kappa shape index (κ2) is 9.58. The van der Waals surface area contributed by atoms with E-state index in [1.165, 1.54) is 16.4 Å². The van der Waals surface area contributed by atoms with Crippen molar-refractivity contribution in [1.82, 2.24) is 9.21 Å². The van der Waals surface area contributed by atoms with Crippen LogP contribution in [0.5, 0.6) is 11.5 Å². The lowest BCUT2D eigenvalue weighted by molar-refractivity contribution is -0.137. The number of carbonyl (C=O) groups is 1. The van der Waals surface area contributed by atoms with Crippen molar-refractivity contribution in [1.29, 1.82) is 0 Å². The number of rotatable bonds is 8. The number of hydrogen-bond acceptors (Lipinski definition) is 7. The van der Waals surface area contributed by atoms with Crippen molar-refractivity contribution < 1.29 is 28.5 Å². The minimum Gasteiger partial charge on any atom is -0.508 e. The Morgan fingerprint density at radius 2 is 1.76 bits per heavy atom. The Kier molecular flexibility index (Phi) is 6.78. The Bertz CT molecular complexity index is 1130. The number of aliphatic carboxylic acids is 1. The Hall–Kier alpha value is -2.82. The largest absolute Gasteiger partial charge is 0.508 e. The lowest BCUT2D eigenvalue weighted by atomic mass is 10.0. The van der Waals surface area contributed by atoms with Crippen LogP contribution in [0.15, 0.2) is 41.3 Å². The van der Waals surface area contributed by atoms with Gasteiger partial charge < -0.3 is 25.5 Å². The summed E-state index contributed by atoms with van der Waals surface area (Å²) in [6.45, 7) is 3.09. The number of hydrogen-bond donors (Lipinski definition) is 4. The van der Waals surface area contributed by atoms with Crippen molar-refractivity contribution in [3.05, 3.63) is 47.5 Å². The van der Waals surface area contributed by atoms with E-state index in [1.807, 2.05) is 18.2 Å². The summed E-state index contributed by atoms with van der Waals surface area (Å²) in [4.78, 5) is 12.7. The molecule has 0 aliphatic carbocycles. The van der Waals surface area contributed by atoms with Crippen molar-refractivity contribution in [2.24, 2.45) is 0 Å². The summed E-state index contributed by atoms with van der Waals surface area (Å²) >= 11 is 0. The molecule has 0 spiro atoms. The summed E-state index contributed by atoms with van der Waals surface area (Å²) in [7, 11) is -3.90. The topological polar surface area (TPSA) is 130 Å². The van der Waals surface area contributed by atoms with E-state index in [0.717, 1.165) is 55.4 Å². The van der Waals surface area contributed by atoms with E-state index >= 15 is 0 Å². The zero-order valence-corrected chi connectivity index (χ0v) is 19.1. The average molecular weight is 476 g/mol. The zero-order valence-electron chi connectivity index (χ0n) is 18.3. The Balaban J connectivity index is 1.35. The molecular weight excluding hydrogens is 446 g/mol. The SMILES string of the molecule is O=C(O)CCCN1CCC(Nc2ccc3c(c2)CN(S(=O)(=O)c2ccc(O)cc2O)C3)CC1. The molecule has 2 aromatic rings. The molecule has 0 unspecified atom stereocenters. The molecule has 0 saturated carbocycles. The number of anilines is 1. The normalized spacial score (nSPS) is 17.7. The summed E-state index contributed by atoms with van der Waals surface area (Å²) in [5, 5.41) is 31.8. The maximum atomic E-state index is 13.0. The van der Waals surface area contributed by atoms with Crippen LogP contribution in [0.3, 0.4) is 0 Å². The molecule has 1 saturated heterocycles. The monoisotopic (exact) mass is 475 g/mol. The van der Waals surface area contributed by atoms with E-state index < -0.39 is 21.7 Å². The summed E-state index contributed by atoms with van der Waals surface area (Å²) in [5.41, 5.74) is 2.80. The Morgan fingerprint density at radius 1 is 1.03 bits per heavy atom. The molecular formula is C23H29N3O6S. The molecule has 2 aliphatic rings. The highest BCUT2D eigenvalue weighted by Crippen LogP contribution is 2.35. The van der Waals surface area contributed by atoms with E-state index in [2.05, 4.69) is 10.2 Å². The molecule has 33 heavy (non-hydrogen) atoms. The number of nitrogens with one attached hydrogen (secondary N) is 1. The van der Waals surface area contributed by atoms with Gasteiger partial charge in [-0.1, -0.05) is 6.07 Å². The minimum atomic E-state index is -3.90. The van der Waals surface area contributed by atoms with Crippen molar-refractivity contribution in [2.75, 3.05) is 25.0 Å². The van der Waals surface area contributed by atoms with E-state index in [4.69, 9.17) is 5.11 Å². The highest BCUT2D eigenvalue weighted by atomic mass is 32.2. The first kappa shape index (κ1) is 23.3. The fraction of sp³-hybridized carbons (Fsp3) is 0.435. The molecule has 2 aliphatic heterocycles. The fourth-order valence-corrected chi connectivity index (χ4v) is 5.94. The van der Waals surface area contributed by atoms with E-state index in [0.29, 0.717) is 12.5 Å². The number of carboxylic acids is 1. The predicted molar refractivity (Wildman–Crippen MR) is 123 cm³/mol. The van der Waals surface area contributed by atoms with E-state index in [-0.39, 0.29) is 30.2 Å². The first-order valence-electron chi connectivity index (χ1n) is 11.1. The van der Waals surface area contributed by atoms with Crippen LogP contribution in [0.1, 0.15) is 36.8 Å². The number of carboxylic acid groups (broad SMARTS) is 1. The second-order valence-corrected chi connectivity index (χ2v) is 10.6. The van der Waals surface area contributed by atoms with Crippen molar-refractivity contribution >= 4 is 21.7 Å². The first-order chi connectivity index (χ1) is 15.7. The molecule has 2 heterocycles. The van der Waals surface area contributed by atoms with Gasteiger partial charge in [0, 0.05) is 50.4 Å². The molecule has 0 atom stereocenters. The van der Waals surface area contributed by atoms with Crippen LogP contribution in [0.2, 0.25) is 0 Å².